The predicted octanol–water partition coefficient (Wildman–Crippen LogP) is 4.94. The summed E-state index contributed by atoms with van der Waals surface area (Å²) in [6.07, 6.45) is 8.47. The number of rotatable bonds is 2. The Kier molecular flexibility index (Phi) is 4.68. The Bertz CT molecular complexity index is 1150. The van der Waals surface area contributed by atoms with Crippen molar-refractivity contribution in [2.24, 2.45) is 5.92 Å². The van der Waals surface area contributed by atoms with E-state index in [-0.39, 0.29) is 35.7 Å². The van der Waals surface area contributed by atoms with Crippen LogP contribution >= 0.6 is 0 Å². The van der Waals surface area contributed by atoms with Gasteiger partial charge in [-0.2, -0.15) is 0 Å². The number of carbonyl (C=O) groups is 4. The number of imide groups is 2. The summed E-state index contributed by atoms with van der Waals surface area (Å²) in [7, 11) is 0. The Morgan fingerprint density at radius 2 is 0.909 bits per heavy atom. The Morgan fingerprint density at radius 1 is 0.545 bits per heavy atom. The van der Waals surface area contributed by atoms with Gasteiger partial charge in [0.1, 0.15) is 0 Å². The maximum atomic E-state index is 13.5. The van der Waals surface area contributed by atoms with E-state index in [9.17, 15) is 19.2 Å². The molecule has 0 radical (unpaired) electrons. The second kappa shape index (κ2) is 7.51. The molecule has 33 heavy (non-hydrogen) atoms. The first kappa shape index (κ1) is 20.6. The van der Waals surface area contributed by atoms with Gasteiger partial charge in [0.15, 0.2) is 0 Å². The monoisotopic (exact) mass is 444 g/mol. The molecule has 2 aliphatic heterocycles. The van der Waals surface area contributed by atoms with Crippen LogP contribution in [-0.2, 0) is 0 Å². The molecule has 2 aromatic carbocycles. The van der Waals surface area contributed by atoms with Crippen molar-refractivity contribution in [1.82, 2.24) is 9.80 Å². The maximum Gasteiger partial charge on any atom is 0.261 e. The molecule has 0 saturated heterocycles. The normalized spacial score (nSPS) is 25.8. The van der Waals surface area contributed by atoms with Crippen molar-refractivity contribution in [2.45, 2.75) is 76.8 Å². The molecule has 2 aromatic rings. The molecule has 0 atom stereocenters. The minimum atomic E-state index is -0.301. The highest BCUT2D eigenvalue weighted by molar-refractivity contribution is 6.33. The fourth-order valence-electron chi connectivity index (χ4n) is 6.42. The lowest BCUT2D eigenvalue weighted by atomic mass is 9.82. The van der Waals surface area contributed by atoms with Crippen molar-refractivity contribution in [3.05, 3.63) is 46.5 Å². The second-order valence-electron chi connectivity index (χ2n) is 10.2. The molecule has 6 nitrogen and oxygen atoms in total. The summed E-state index contributed by atoms with van der Waals surface area (Å²) < 4.78 is 0. The van der Waals surface area contributed by atoms with Crippen molar-refractivity contribution in [1.29, 1.82) is 0 Å². The molecule has 170 valence electrons. The molecule has 4 aliphatic rings. The van der Waals surface area contributed by atoms with Gasteiger partial charge >= 0.3 is 0 Å². The SMILES string of the molecule is CC1CCC(N2C(=O)c3ccc4c5c(ccc(c35)C2=O)C(=O)N(C2CCCCC2)C4=O)CC1. The molecule has 0 spiro atoms. The van der Waals surface area contributed by atoms with Gasteiger partial charge in [-0.25, -0.2) is 0 Å². The Labute approximate surface area is 192 Å². The van der Waals surface area contributed by atoms with E-state index >= 15 is 0 Å². The predicted molar refractivity (Wildman–Crippen MR) is 123 cm³/mol. The third-order valence-electron chi connectivity index (χ3n) is 8.25. The summed E-state index contributed by atoms with van der Waals surface area (Å²) >= 11 is 0. The third kappa shape index (κ3) is 2.92. The first-order valence-corrected chi connectivity index (χ1v) is 12.3. The minimum absolute atomic E-state index is 0.0818. The highest BCUT2D eigenvalue weighted by Gasteiger charge is 2.43. The van der Waals surface area contributed by atoms with E-state index in [4.69, 9.17) is 0 Å². The first-order valence-electron chi connectivity index (χ1n) is 12.3. The number of hydrogen-bond acceptors (Lipinski definition) is 4. The van der Waals surface area contributed by atoms with Crippen LogP contribution in [0.15, 0.2) is 24.3 Å². The Hall–Kier alpha value is -3.02. The molecule has 0 N–H and O–H groups in total. The molecule has 2 fully saturated rings. The lowest BCUT2D eigenvalue weighted by molar-refractivity contribution is 0.0472. The van der Waals surface area contributed by atoms with Gasteiger partial charge in [-0.1, -0.05) is 26.2 Å². The smallest absolute Gasteiger partial charge is 0.261 e. The average Bonchev–Trinajstić information content (AvgIpc) is 2.83. The van der Waals surface area contributed by atoms with E-state index in [0.29, 0.717) is 38.9 Å². The van der Waals surface area contributed by atoms with Crippen molar-refractivity contribution >= 4 is 34.4 Å². The molecule has 6 rings (SSSR count). The molecule has 4 amide bonds. The highest BCUT2D eigenvalue weighted by atomic mass is 16.2. The van der Waals surface area contributed by atoms with Gasteiger partial charge in [-0.15, -0.1) is 0 Å². The Morgan fingerprint density at radius 3 is 1.30 bits per heavy atom. The summed E-state index contributed by atoms with van der Waals surface area (Å²) in [5.41, 5.74) is 1.71. The fourth-order valence-corrected chi connectivity index (χ4v) is 6.42. The Balaban J connectivity index is 1.46. The molecule has 6 heteroatoms. The zero-order valence-electron chi connectivity index (χ0n) is 18.9. The number of benzene rings is 2. The standard InChI is InChI=1S/C27H28N2O4/c1-15-7-9-17(10-8-15)29-26(32)20-13-11-18-22-19(12-14-21(23(20)22)27(29)33)25(31)28(24(18)30)16-5-3-2-4-6-16/h11-17H,2-10H2,1H3. The van der Waals surface area contributed by atoms with Crippen LogP contribution in [0.1, 0.15) is 106 Å². The molecule has 0 bridgehead atoms. The number of amides is 4. The van der Waals surface area contributed by atoms with Crippen molar-refractivity contribution in [3.63, 3.8) is 0 Å². The van der Waals surface area contributed by atoms with E-state index in [1.54, 1.807) is 24.3 Å². The quantitative estimate of drug-likeness (QED) is 0.615. The highest BCUT2D eigenvalue weighted by Crippen LogP contribution is 2.41. The number of nitrogens with zero attached hydrogens (tertiary/aromatic N) is 2. The third-order valence-corrected chi connectivity index (χ3v) is 8.25. The average molecular weight is 445 g/mol. The van der Waals surface area contributed by atoms with Gasteiger partial charge in [-0.05, 0) is 68.7 Å². The summed E-state index contributed by atoms with van der Waals surface area (Å²) in [6, 6.07) is 6.56. The van der Waals surface area contributed by atoms with Crippen LogP contribution in [0.5, 0.6) is 0 Å². The molecular formula is C27H28N2O4. The summed E-state index contributed by atoms with van der Waals surface area (Å²) in [5.74, 6) is -0.590. The first-order chi connectivity index (χ1) is 16.0. The second-order valence-corrected chi connectivity index (χ2v) is 10.2. The molecule has 0 aromatic heterocycles. The van der Waals surface area contributed by atoms with Gasteiger partial charge in [0.05, 0.1) is 0 Å². The van der Waals surface area contributed by atoms with Crippen molar-refractivity contribution < 1.29 is 19.2 Å². The lowest BCUT2D eigenvalue weighted by Crippen LogP contribution is -2.50. The van der Waals surface area contributed by atoms with Gasteiger partial charge in [0, 0.05) is 45.1 Å². The summed E-state index contributed by atoms with van der Waals surface area (Å²) in [4.78, 5) is 56.9. The van der Waals surface area contributed by atoms with Crippen LogP contribution < -0.4 is 0 Å². The van der Waals surface area contributed by atoms with E-state index in [1.807, 2.05) is 0 Å². The molecule has 2 aliphatic carbocycles. The van der Waals surface area contributed by atoms with E-state index < -0.39 is 0 Å². The maximum absolute atomic E-state index is 13.5. The molecular weight excluding hydrogens is 416 g/mol. The van der Waals surface area contributed by atoms with Crippen LogP contribution in [0.25, 0.3) is 10.8 Å². The zero-order valence-corrected chi connectivity index (χ0v) is 18.9. The summed E-state index contributed by atoms with van der Waals surface area (Å²) in [6.45, 7) is 2.21. The fraction of sp³-hybridized carbons (Fsp3) is 0.481. The zero-order chi connectivity index (χ0) is 22.9. The van der Waals surface area contributed by atoms with Gasteiger partial charge in [-0.3, -0.25) is 29.0 Å². The van der Waals surface area contributed by atoms with Gasteiger partial charge in [0.25, 0.3) is 23.6 Å². The molecule has 2 heterocycles. The largest absolute Gasteiger partial charge is 0.271 e. The van der Waals surface area contributed by atoms with E-state index in [0.717, 1.165) is 57.8 Å². The topological polar surface area (TPSA) is 74.8 Å². The molecule has 0 unspecified atom stereocenters. The van der Waals surface area contributed by atoms with E-state index in [1.165, 1.54) is 9.80 Å². The van der Waals surface area contributed by atoms with Crippen LogP contribution in [0.3, 0.4) is 0 Å². The number of hydrogen-bond donors (Lipinski definition) is 0. The van der Waals surface area contributed by atoms with Crippen LogP contribution in [0.4, 0.5) is 0 Å². The van der Waals surface area contributed by atoms with Crippen molar-refractivity contribution in [2.75, 3.05) is 0 Å². The minimum Gasteiger partial charge on any atom is -0.271 e. The van der Waals surface area contributed by atoms with Gasteiger partial charge < -0.3 is 0 Å². The van der Waals surface area contributed by atoms with Crippen LogP contribution in [0.2, 0.25) is 0 Å². The lowest BCUT2D eigenvalue weighted by Gasteiger charge is -2.39. The van der Waals surface area contributed by atoms with E-state index in [2.05, 4.69) is 6.92 Å². The van der Waals surface area contributed by atoms with Crippen LogP contribution in [-0.4, -0.2) is 45.5 Å². The van der Waals surface area contributed by atoms with Crippen LogP contribution in [0, 0.1) is 5.92 Å². The van der Waals surface area contributed by atoms with Gasteiger partial charge in [0.2, 0.25) is 0 Å². The molecule has 2 saturated carbocycles. The summed E-state index contributed by atoms with van der Waals surface area (Å²) in [5, 5.41) is 0.955. The van der Waals surface area contributed by atoms with Crippen molar-refractivity contribution in [3.8, 4) is 0 Å². The number of carbonyl (C=O) groups excluding carboxylic acids is 4.